The van der Waals surface area contributed by atoms with Crippen LogP contribution in [-0.2, 0) is 19.8 Å². The van der Waals surface area contributed by atoms with Gasteiger partial charge in [0.1, 0.15) is 5.25 Å². The lowest BCUT2D eigenvalue weighted by atomic mass is 10.0. The minimum atomic E-state index is -4.57. The Morgan fingerprint density at radius 1 is 1.14 bits per heavy atom. The lowest BCUT2D eigenvalue weighted by Gasteiger charge is -2.23. The van der Waals surface area contributed by atoms with Gasteiger partial charge >= 0.3 is 5.97 Å². The number of aliphatic hydroxyl groups is 2. The van der Waals surface area contributed by atoms with Crippen LogP contribution in [0, 0.1) is 0 Å². The average Bonchev–Trinajstić information content (AvgIpc) is 2.40. The maximum absolute atomic E-state index is 11.3. The van der Waals surface area contributed by atoms with E-state index in [0.717, 1.165) is 25.7 Å². The number of rotatable bonds is 11. The Morgan fingerprint density at radius 2 is 1.71 bits per heavy atom. The van der Waals surface area contributed by atoms with Crippen LogP contribution in [0.3, 0.4) is 0 Å². The molecule has 126 valence electrons. The molecule has 0 spiro atoms. The van der Waals surface area contributed by atoms with E-state index in [2.05, 4.69) is 4.89 Å². The molecule has 0 saturated carbocycles. The standard InChI is InChI=1S/C12H24O8S/c1-2-3-4-5-6-7-10(21(17,18)19)12(15)9(13)8-11(14)20-16/h9-10,12-13,15-16H,2-8H2,1H3,(H,17,18,19). The van der Waals surface area contributed by atoms with Crippen molar-refractivity contribution >= 4 is 16.1 Å². The van der Waals surface area contributed by atoms with Crippen LogP contribution >= 0.6 is 0 Å². The SMILES string of the molecule is CCCCCCCC(C(O)C(O)CC(=O)OO)S(=O)(=O)O. The quantitative estimate of drug-likeness (QED) is 0.188. The highest BCUT2D eigenvalue weighted by Crippen LogP contribution is 2.19. The predicted octanol–water partition coefficient (Wildman–Crippen LogP) is 0.731. The van der Waals surface area contributed by atoms with Gasteiger partial charge in [-0.3, -0.25) is 4.55 Å². The van der Waals surface area contributed by atoms with E-state index in [9.17, 15) is 23.4 Å². The Labute approximate surface area is 124 Å². The van der Waals surface area contributed by atoms with Crippen LogP contribution in [0.5, 0.6) is 0 Å². The second kappa shape index (κ2) is 10.1. The van der Waals surface area contributed by atoms with Crippen molar-refractivity contribution in [2.75, 3.05) is 0 Å². The fourth-order valence-electron chi connectivity index (χ4n) is 2.02. The van der Waals surface area contributed by atoms with Crippen molar-refractivity contribution in [3.05, 3.63) is 0 Å². The van der Waals surface area contributed by atoms with Crippen LogP contribution in [0.2, 0.25) is 0 Å². The monoisotopic (exact) mass is 328 g/mol. The Hall–Kier alpha value is -0.740. The van der Waals surface area contributed by atoms with Crippen molar-refractivity contribution in [2.24, 2.45) is 0 Å². The van der Waals surface area contributed by atoms with Crippen molar-refractivity contribution in [3.8, 4) is 0 Å². The summed E-state index contributed by atoms with van der Waals surface area (Å²) in [4.78, 5) is 14.1. The largest absolute Gasteiger partial charge is 0.390 e. The molecule has 0 rings (SSSR count). The molecule has 3 unspecified atom stereocenters. The molecule has 0 amide bonds. The normalized spacial score (nSPS) is 16.2. The highest BCUT2D eigenvalue weighted by Gasteiger charge is 2.36. The van der Waals surface area contributed by atoms with E-state index in [1.807, 2.05) is 6.92 Å². The first-order valence-corrected chi connectivity index (χ1v) is 8.41. The van der Waals surface area contributed by atoms with E-state index in [0.29, 0.717) is 6.42 Å². The highest BCUT2D eigenvalue weighted by molar-refractivity contribution is 7.86. The van der Waals surface area contributed by atoms with Crippen molar-refractivity contribution in [1.29, 1.82) is 0 Å². The van der Waals surface area contributed by atoms with Crippen LogP contribution in [0.4, 0.5) is 0 Å². The third-order valence-electron chi connectivity index (χ3n) is 3.23. The Balaban J connectivity index is 4.57. The van der Waals surface area contributed by atoms with Gasteiger partial charge in [-0.15, -0.1) is 0 Å². The summed E-state index contributed by atoms with van der Waals surface area (Å²) >= 11 is 0. The Bertz CT molecular complexity index is 394. The van der Waals surface area contributed by atoms with Gasteiger partial charge in [0.25, 0.3) is 10.1 Å². The molecule has 21 heavy (non-hydrogen) atoms. The topological polar surface area (TPSA) is 141 Å². The molecule has 0 bridgehead atoms. The van der Waals surface area contributed by atoms with Gasteiger partial charge in [0.05, 0.1) is 18.6 Å². The van der Waals surface area contributed by atoms with Crippen LogP contribution in [0.25, 0.3) is 0 Å². The van der Waals surface area contributed by atoms with Crippen LogP contribution in [0.1, 0.15) is 51.9 Å². The van der Waals surface area contributed by atoms with Gasteiger partial charge in [-0.25, -0.2) is 4.79 Å². The van der Waals surface area contributed by atoms with E-state index in [4.69, 9.17) is 9.81 Å². The van der Waals surface area contributed by atoms with Gasteiger partial charge in [0.15, 0.2) is 0 Å². The van der Waals surface area contributed by atoms with Crippen molar-refractivity contribution in [3.63, 3.8) is 0 Å². The molecule has 0 heterocycles. The van der Waals surface area contributed by atoms with Crippen LogP contribution in [0.15, 0.2) is 0 Å². The number of unbranched alkanes of at least 4 members (excludes halogenated alkanes) is 4. The fourth-order valence-corrected chi connectivity index (χ4v) is 3.02. The van der Waals surface area contributed by atoms with E-state index >= 15 is 0 Å². The minimum absolute atomic E-state index is 0.0328. The van der Waals surface area contributed by atoms with Gasteiger partial charge < -0.3 is 15.1 Å². The number of aliphatic hydroxyl groups excluding tert-OH is 2. The summed E-state index contributed by atoms with van der Waals surface area (Å²) in [7, 11) is -4.57. The summed E-state index contributed by atoms with van der Waals surface area (Å²) in [6, 6.07) is 0. The predicted molar refractivity (Wildman–Crippen MR) is 74.1 cm³/mol. The maximum atomic E-state index is 11.3. The number of carbonyl (C=O) groups excluding carboxylic acids is 1. The molecule has 0 aromatic rings. The van der Waals surface area contributed by atoms with Crippen LogP contribution < -0.4 is 0 Å². The molecule has 9 heteroatoms. The zero-order valence-corrected chi connectivity index (χ0v) is 12.8. The minimum Gasteiger partial charge on any atom is -0.390 e. The first-order chi connectivity index (χ1) is 9.73. The summed E-state index contributed by atoms with van der Waals surface area (Å²) in [5, 5.41) is 25.8. The van der Waals surface area contributed by atoms with E-state index in [1.54, 1.807) is 0 Å². The number of hydrogen-bond donors (Lipinski definition) is 4. The molecule has 0 radical (unpaired) electrons. The summed E-state index contributed by atoms with van der Waals surface area (Å²) in [6.45, 7) is 2.03. The molecule has 3 atom stereocenters. The highest BCUT2D eigenvalue weighted by atomic mass is 32.2. The second-order valence-corrected chi connectivity index (χ2v) is 6.62. The van der Waals surface area contributed by atoms with Gasteiger partial charge in [-0.2, -0.15) is 13.7 Å². The van der Waals surface area contributed by atoms with Gasteiger partial charge in [0.2, 0.25) is 0 Å². The maximum Gasteiger partial charge on any atom is 0.344 e. The molecule has 0 aliphatic rings. The molecule has 8 nitrogen and oxygen atoms in total. The van der Waals surface area contributed by atoms with Gasteiger partial charge in [-0.05, 0) is 6.42 Å². The zero-order chi connectivity index (χ0) is 16.5. The van der Waals surface area contributed by atoms with E-state index < -0.39 is 40.0 Å². The third-order valence-corrected chi connectivity index (χ3v) is 4.51. The molecular formula is C12H24O8S. The zero-order valence-electron chi connectivity index (χ0n) is 12.0. The van der Waals surface area contributed by atoms with Gasteiger partial charge in [-0.1, -0.05) is 39.0 Å². The smallest absolute Gasteiger partial charge is 0.344 e. The molecular weight excluding hydrogens is 304 g/mol. The molecule has 0 aliphatic heterocycles. The van der Waals surface area contributed by atoms with Crippen LogP contribution in [-0.4, -0.2) is 51.9 Å². The summed E-state index contributed by atoms with van der Waals surface area (Å²) in [5.74, 6) is -1.21. The average molecular weight is 328 g/mol. The van der Waals surface area contributed by atoms with Crippen molar-refractivity contribution in [2.45, 2.75) is 69.3 Å². The molecule has 0 aromatic carbocycles. The van der Waals surface area contributed by atoms with Crippen molar-refractivity contribution in [1.82, 2.24) is 0 Å². The lowest BCUT2D eigenvalue weighted by Crippen LogP contribution is -2.43. The van der Waals surface area contributed by atoms with Crippen molar-refractivity contribution < 1.29 is 38.1 Å². The Morgan fingerprint density at radius 3 is 2.19 bits per heavy atom. The Kier molecular flexibility index (Phi) is 9.71. The second-order valence-electron chi connectivity index (χ2n) is 4.98. The molecule has 0 aliphatic carbocycles. The van der Waals surface area contributed by atoms with E-state index in [1.165, 1.54) is 0 Å². The molecule has 0 aromatic heterocycles. The van der Waals surface area contributed by atoms with E-state index in [-0.39, 0.29) is 6.42 Å². The lowest BCUT2D eigenvalue weighted by molar-refractivity contribution is -0.236. The molecule has 4 N–H and O–H groups in total. The first kappa shape index (κ1) is 20.3. The number of carbonyl (C=O) groups is 1. The third kappa shape index (κ3) is 8.32. The summed E-state index contributed by atoms with van der Waals surface area (Å²) < 4.78 is 31.7. The summed E-state index contributed by atoms with van der Waals surface area (Å²) in [6.07, 6.45) is -0.285. The fraction of sp³-hybridized carbons (Fsp3) is 0.917. The number of hydrogen-bond acceptors (Lipinski definition) is 7. The molecule has 0 fully saturated rings. The first-order valence-electron chi connectivity index (χ1n) is 6.90. The van der Waals surface area contributed by atoms with Gasteiger partial charge in [0, 0.05) is 0 Å². The summed E-state index contributed by atoms with van der Waals surface area (Å²) in [5.41, 5.74) is 0. The molecule has 0 saturated heterocycles.